The normalized spacial score (nSPS) is 24.2. The molecule has 1 saturated carbocycles. The standard InChI is InChI=1S/C16H30O2/c1-4-5-6-7-12-18-16(17)15-10-8-14(9-11-15)13(2)3/h13-15H,4-12H2,1-3H3. The second kappa shape index (κ2) is 8.55. The Labute approximate surface area is 112 Å². The van der Waals surface area contributed by atoms with Crippen molar-refractivity contribution in [3.8, 4) is 0 Å². The number of ether oxygens (including phenoxy) is 1. The van der Waals surface area contributed by atoms with E-state index in [0.29, 0.717) is 6.61 Å². The summed E-state index contributed by atoms with van der Waals surface area (Å²) in [6.07, 6.45) is 9.17. The highest BCUT2D eigenvalue weighted by atomic mass is 16.5. The number of carbonyl (C=O) groups is 1. The molecule has 0 unspecified atom stereocenters. The number of rotatable bonds is 7. The Balaban J connectivity index is 2.12. The predicted octanol–water partition coefficient (Wildman–Crippen LogP) is 4.57. The van der Waals surface area contributed by atoms with E-state index in [9.17, 15) is 4.79 Å². The van der Waals surface area contributed by atoms with Crippen LogP contribution in [-0.4, -0.2) is 12.6 Å². The van der Waals surface area contributed by atoms with Gasteiger partial charge in [-0.1, -0.05) is 40.0 Å². The van der Waals surface area contributed by atoms with Gasteiger partial charge in [-0.3, -0.25) is 4.79 Å². The first-order chi connectivity index (χ1) is 8.65. The van der Waals surface area contributed by atoms with Gasteiger partial charge in [0.2, 0.25) is 0 Å². The van der Waals surface area contributed by atoms with Crippen molar-refractivity contribution in [2.45, 2.75) is 72.1 Å². The topological polar surface area (TPSA) is 26.3 Å². The SMILES string of the molecule is CCCCCCOC(=O)C1CCC(C(C)C)CC1. The first-order valence-electron chi connectivity index (χ1n) is 7.81. The maximum Gasteiger partial charge on any atom is 0.308 e. The molecule has 1 aliphatic rings. The smallest absolute Gasteiger partial charge is 0.308 e. The zero-order valence-electron chi connectivity index (χ0n) is 12.4. The first kappa shape index (κ1) is 15.5. The van der Waals surface area contributed by atoms with Crippen molar-refractivity contribution >= 4 is 5.97 Å². The quantitative estimate of drug-likeness (QED) is 0.491. The van der Waals surface area contributed by atoms with Crippen LogP contribution in [0, 0.1) is 17.8 Å². The van der Waals surface area contributed by atoms with Crippen molar-refractivity contribution in [1.82, 2.24) is 0 Å². The third-order valence-electron chi connectivity index (χ3n) is 4.29. The number of hydrogen-bond acceptors (Lipinski definition) is 2. The zero-order valence-corrected chi connectivity index (χ0v) is 12.4. The maximum absolute atomic E-state index is 11.9. The molecule has 0 N–H and O–H groups in total. The minimum Gasteiger partial charge on any atom is -0.465 e. The van der Waals surface area contributed by atoms with Crippen LogP contribution in [-0.2, 0) is 9.53 Å². The minimum absolute atomic E-state index is 0.0636. The van der Waals surface area contributed by atoms with E-state index in [1.165, 1.54) is 32.1 Å². The molecule has 0 aromatic carbocycles. The van der Waals surface area contributed by atoms with Gasteiger partial charge in [0.25, 0.3) is 0 Å². The summed E-state index contributed by atoms with van der Waals surface area (Å²) < 4.78 is 5.38. The second-order valence-corrected chi connectivity index (χ2v) is 6.08. The average molecular weight is 254 g/mol. The Kier molecular flexibility index (Phi) is 7.38. The predicted molar refractivity (Wildman–Crippen MR) is 75.4 cm³/mol. The molecular formula is C16H30O2. The molecule has 1 rings (SSSR count). The van der Waals surface area contributed by atoms with Crippen LogP contribution in [0.3, 0.4) is 0 Å². The zero-order chi connectivity index (χ0) is 13.4. The molecule has 0 aromatic rings. The maximum atomic E-state index is 11.9. The number of carbonyl (C=O) groups excluding carboxylic acids is 1. The summed E-state index contributed by atoms with van der Waals surface area (Å²) in [5.41, 5.74) is 0. The molecule has 0 amide bonds. The van der Waals surface area contributed by atoms with Crippen LogP contribution in [0.1, 0.15) is 72.1 Å². The van der Waals surface area contributed by atoms with Crippen molar-refractivity contribution in [2.24, 2.45) is 17.8 Å². The molecule has 0 atom stereocenters. The Bertz CT molecular complexity index is 227. The van der Waals surface area contributed by atoms with E-state index in [4.69, 9.17) is 4.74 Å². The molecule has 0 radical (unpaired) electrons. The molecule has 0 saturated heterocycles. The lowest BCUT2D eigenvalue weighted by atomic mass is 9.77. The lowest BCUT2D eigenvalue weighted by Crippen LogP contribution is -2.25. The highest BCUT2D eigenvalue weighted by Gasteiger charge is 2.28. The van der Waals surface area contributed by atoms with Crippen LogP contribution in [0.5, 0.6) is 0 Å². The molecule has 0 bridgehead atoms. The van der Waals surface area contributed by atoms with Gasteiger partial charge in [-0.25, -0.2) is 0 Å². The summed E-state index contributed by atoms with van der Waals surface area (Å²) in [5, 5.41) is 0. The summed E-state index contributed by atoms with van der Waals surface area (Å²) in [5.74, 6) is 1.83. The summed E-state index contributed by atoms with van der Waals surface area (Å²) in [7, 11) is 0. The van der Waals surface area contributed by atoms with Crippen LogP contribution >= 0.6 is 0 Å². The lowest BCUT2D eigenvalue weighted by molar-refractivity contribution is -0.150. The van der Waals surface area contributed by atoms with Crippen LogP contribution in [0.2, 0.25) is 0 Å². The summed E-state index contributed by atoms with van der Waals surface area (Å²) >= 11 is 0. The molecule has 2 heteroatoms. The van der Waals surface area contributed by atoms with Gasteiger partial charge >= 0.3 is 5.97 Å². The van der Waals surface area contributed by atoms with Crippen LogP contribution in [0.4, 0.5) is 0 Å². The fourth-order valence-electron chi connectivity index (χ4n) is 2.84. The molecule has 0 aromatic heterocycles. The van der Waals surface area contributed by atoms with E-state index in [-0.39, 0.29) is 11.9 Å². The largest absolute Gasteiger partial charge is 0.465 e. The lowest BCUT2D eigenvalue weighted by Gasteiger charge is -2.29. The fourth-order valence-corrected chi connectivity index (χ4v) is 2.84. The van der Waals surface area contributed by atoms with Gasteiger partial charge in [0.15, 0.2) is 0 Å². The van der Waals surface area contributed by atoms with E-state index in [1.54, 1.807) is 0 Å². The van der Waals surface area contributed by atoms with Crippen molar-refractivity contribution < 1.29 is 9.53 Å². The molecule has 106 valence electrons. The molecule has 18 heavy (non-hydrogen) atoms. The number of unbranched alkanes of at least 4 members (excludes halogenated alkanes) is 3. The van der Waals surface area contributed by atoms with Gasteiger partial charge in [0.1, 0.15) is 0 Å². The van der Waals surface area contributed by atoms with Crippen molar-refractivity contribution in [3.63, 3.8) is 0 Å². The molecule has 0 heterocycles. The number of esters is 1. The third kappa shape index (κ3) is 5.41. The van der Waals surface area contributed by atoms with Gasteiger partial charge in [0, 0.05) is 0 Å². The third-order valence-corrected chi connectivity index (χ3v) is 4.29. The summed E-state index contributed by atoms with van der Waals surface area (Å²) in [4.78, 5) is 11.9. The van der Waals surface area contributed by atoms with Gasteiger partial charge in [-0.2, -0.15) is 0 Å². The molecule has 1 fully saturated rings. The Morgan fingerprint density at radius 1 is 1.11 bits per heavy atom. The van der Waals surface area contributed by atoms with Crippen molar-refractivity contribution in [2.75, 3.05) is 6.61 Å². The highest BCUT2D eigenvalue weighted by Crippen LogP contribution is 2.33. The van der Waals surface area contributed by atoms with Crippen molar-refractivity contribution in [3.05, 3.63) is 0 Å². The Morgan fingerprint density at radius 3 is 2.33 bits per heavy atom. The van der Waals surface area contributed by atoms with Crippen LogP contribution in [0.25, 0.3) is 0 Å². The summed E-state index contributed by atoms with van der Waals surface area (Å²) in [6.45, 7) is 7.40. The highest BCUT2D eigenvalue weighted by molar-refractivity contribution is 5.72. The van der Waals surface area contributed by atoms with Crippen molar-refractivity contribution in [1.29, 1.82) is 0 Å². The second-order valence-electron chi connectivity index (χ2n) is 6.08. The van der Waals surface area contributed by atoms with E-state index in [2.05, 4.69) is 20.8 Å². The van der Waals surface area contributed by atoms with Crippen LogP contribution < -0.4 is 0 Å². The summed E-state index contributed by atoms with van der Waals surface area (Å²) in [6, 6.07) is 0. The van der Waals surface area contributed by atoms with E-state index in [1.807, 2.05) is 0 Å². The fraction of sp³-hybridized carbons (Fsp3) is 0.938. The molecule has 2 nitrogen and oxygen atoms in total. The van der Waals surface area contributed by atoms with Gasteiger partial charge in [-0.05, 0) is 43.9 Å². The average Bonchev–Trinajstić information content (AvgIpc) is 2.38. The monoisotopic (exact) mass is 254 g/mol. The van der Waals surface area contributed by atoms with Gasteiger partial charge < -0.3 is 4.74 Å². The minimum atomic E-state index is 0.0636. The van der Waals surface area contributed by atoms with Gasteiger partial charge in [0.05, 0.1) is 12.5 Å². The van der Waals surface area contributed by atoms with E-state index in [0.717, 1.165) is 31.1 Å². The Hall–Kier alpha value is -0.530. The van der Waals surface area contributed by atoms with Gasteiger partial charge in [-0.15, -0.1) is 0 Å². The van der Waals surface area contributed by atoms with Crippen LogP contribution in [0.15, 0.2) is 0 Å². The van der Waals surface area contributed by atoms with E-state index >= 15 is 0 Å². The molecule has 0 aliphatic heterocycles. The Morgan fingerprint density at radius 2 is 1.78 bits per heavy atom. The first-order valence-corrected chi connectivity index (χ1v) is 7.81. The number of hydrogen-bond donors (Lipinski definition) is 0. The molecular weight excluding hydrogens is 224 g/mol. The van der Waals surface area contributed by atoms with E-state index < -0.39 is 0 Å². The molecule has 1 aliphatic carbocycles. The molecule has 0 spiro atoms.